The van der Waals surface area contributed by atoms with Gasteiger partial charge in [-0.25, -0.2) is 4.98 Å². The van der Waals surface area contributed by atoms with Gasteiger partial charge in [0.15, 0.2) is 0 Å². The van der Waals surface area contributed by atoms with Gasteiger partial charge in [-0.1, -0.05) is 25.1 Å². The third-order valence-electron chi connectivity index (χ3n) is 2.86. The standard InChI is InChI=1S/C14H16N4O3/c1-3-13(21-4-2)16-17-14-10-7-5-6-8-11(10)15-9-12(14)18(19)20/h5-9H,3-4H2,1-2H3,(H,15,17). The Hall–Kier alpha value is -2.70. The summed E-state index contributed by atoms with van der Waals surface area (Å²) in [5.74, 6) is 0.493. The lowest BCUT2D eigenvalue weighted by atomic mass is 10.2. The summed E-state index contributed by atoms with van der Waals surface area (Å²) in [5, 5.41) is 15.9. The normalized spacial score (nSPS) is 11.4. The summed E-state index contributed by atoms with van der Waals surface area (Å²) in [6.07, 6.45) is 1.82. The van der Waals surface area contributed by atoms with E-state index in [1.807, 2.05) is 19.9 Å². The van der Waals surface area contributed by atoms with Crippen LogP contribution in [0.3, 0.4) is 0 Å². The number of nitrogens with one attached hydrogen (secondary N) is 1. The predicted molar refractivity (Wildman–Crippen MR) is 81.4 cm³/mol. The minimum absolute atomic E-state index is 0.121. The Morgan fingerprint density at radius 1 is 1.43 bits per heavy atom. The van der Waals surface area contributed by atoms with Gasteiger partial charge in [-0.05, 0) is 13.0 Å². The van der Waals surface area contributed by atoms with Gasteiger partial charge < -0.3 is 4.74 Å². The molecule has 1 aromatic carbocycles. The van der Waals surface area contributed by atoms with E-state index in [9.17, 15) is 10.1 Å². The van der Waals surface area contributed by atoms with Crippen LogP contribution >= 0.6 is 0 Å². The van der Waals surface area contributed by atoms with E-state index < -0.39 is 4.92 Å². The Labute approximate surface area is 121 Å². The van der Waals surface area contributed by atoms with Gasteiger partial charge >= 0.3 is 5.69 Å². The van der Waals surface area contributed by atoms with E-state index in [1.165, 1.54) is 6.20 Å². The molecule has 0 atom stereocenters. The van der Waals surface area contributed by atoms with Crippen molar-refractivity contribution in [3.05, 3.63) is 40.6 Å². The molecule has 1 heterocycles. The fourth-order valence-corrected chi connectivity index (χ4v) is 1.89. The number of rotatable bonds is 5. The van der Waals surface area contributed by atoms with Gasteiger partial charge in [-0.2, -0.15) is 0 Å². The fraction of sp³-hybridized carbons (Fsp3) is 0.286. The zero-order valence-corrected chi connectivity index (χ0v) is 11.9. The first-order valence-electron chi connectivity index (χ1n) is 6.64. The van der Waals surface area contributed by atoms with E-state index in [1.54, 1.807) is 18.2 Å². The number of nitrogens with zero attached hydrogens (tertiary/aromatic N) is 3. The van der Waals surface area contributed by atoms with Crippen LogP contribution in [0.4, 0.5) is 11.4 Å². The molecule has 0 saturated carbocycles. The number of nitro groups is 1. The van der Waals surface area contributed by atoms with Crippen LogP contribution in [-0.2, 0) is 4.74 Å². The summed E-state index contributed by atoms with van der Waals surface area (Å²) in [6.45, 7) is 4.25. The second-order valence-electron chi connectivity index (χ2n) is 4.20. The molecule has 7 heteroatoms. The molecule has 0 aliphatic carbocycles. The molecule has 2 aromatic rings. The number of hydrogen-bond donors (Lipinski definition) is 1. The maximum absolute atomic E-state index is 11.2. The Bertz CT molecular complexity index is 685. The van der Waals surface area contributed by atoms with Crippen LogP contribution in [0.1, 0.15) is 20.3 Å². The lowest BCUT2D eigenvalue weighted by Crippen LogP contribution is -2.07. The maximum Gasteiger partial charge on any atom is 0.312 e. The van der Waals surface area contributed by atoms with E-state index in [0.29, 0.717) is 35.5 Å². The summed E-state index contributed by atoms with van der Waals surface area (Å²) in [5.41, 5.74) is 3.61. The first-order chi connectivity index (χ1) is 10.2. The molecule has 0 aliphatic rings. The van der Waals surface area contributed by atoms with Crippen molar-refractivity contribution >= 4 is 28.2 Å². The van der Waals surface area contributed by atoms with Crippen LogP contribution < -0.4 is 5.43 Å². The monoisotopic (exact) mass is 288 g/mol. The Morgan fingerprint density at radius 3 is 2.86 bits per heavy atom. The van der Waals surface area contributed by atoms with Gasteiger partial charge in [-0.3, -0.25) is 15.5 Å². The van der Waals surface area contributed by atoms with Gasteiger partial charge in [0.05, 0.1) is 17.0 Å². The molecule has 2 rings (SSSR count). The van der Waals surface area contributed by atoms with E-state index in [-0.39, 0.29) is 5.69 Å². The average molecular weight is 288 g/mol. The molecule has 21 heavy (non-hydrogen) atoms. The second-order valence-corrected chi connectivity index (χ2v) is 4.20. The SMILES string of the molecule is CCOC(CC)=NNc1c([N+](=O)[O-])cnc2ccccc12. The Morgan fingerprint density at radius 2 is 2.19 bits per heavy atom. The van der Waals surface area contributed by atoms with Gasteiger partial charge in [0.1, 0.15) is 11.9 Å². The highest BCUT2D eigenvalue weighted by Crippen LogP contribution is 2.31. The zero-order valence-electron chi connectivity index (χ0n) is 11.9. The topological polar surface area (TPSA) is 89.6 Å². The van der Waals surface area contributed by atoms with Crippen molar-refractivity contribution in [1.82, 2.24) is 4.98 Å². The van der Waals surface area contributed by atoms with Crippen molar-refractivity contribution in [3.63, 3.8) is 0 Å². The first-order valence-corrected chi connectivity index (χ1v) is 6.64. The highest BCUT2D eigenvalue weighted by atomic mass is 16.6. The van der Waals surface area contributed by atoms with Crippen LogP contribution in [-0.4, -0.2) is 22.4 Å². The van der Waals surface area contributed by atoms with Crippen molar-refractivity contribution < 1.29 is 9.66 Å². The number of hydrogen-bond acceptors (Lipinski definition) is 6. The summed E-state index contributed by atoms with van der Waals surface area (Å²) in [6, 6.07) is 7.18. The largest absolute Gasteiger partial charge is 0.480 e. The number of fused-ring (bicyclic) bond motifs is 1. The Balaban J connectivity index is 2.49. The molecule has 0 bridgehead atoms. The molecule has 0 unspecified atom stereocenters. The van der Waals surface area contributed by atoms with Crippen LogP contribution in [0.15, 0.2) is 35.6 Å². The number of pyridine rings is 1. The number of anilines is 1. The van der Waals surface area contributed by atoms with E-state index in [0.717, 1.165) is 0 Å². The number of hydrazone groups is 1. The molecule has 1 N–H and O–H groups in total. The molecule has 0 radical (unpaired) electrons. The van der Waals surface area contributed by atoms with Crippen molar-refractivity contribution in [1.29, 1.82) is 0 Å². The van der Waals surface area contributed by atoms with Crippen molar-refractivity contribution in [2.45, 2.75) is 20.3 Å². The second kappa shape index (κ2) is 6.65. The minimum Gasteiger partial charge on any atom is -0.480 e. The summed E-state index contributed by atoms with van der Waals surface area (Å²) >= 11 is 0. The zero-order chi connectivity index (χ0) is 15.2. The first kappa shape index (κ1) is 14.7. The molecule has 0 fully saturated rings. The van der Waals surface area contributed by atoms with Gasteiger partial charge in [-0.15, -0.1) is 5.10 Å². The molecule has 0 saturated heterocycles. The lowest BCUT2D eigenvalue weighted by molar-refractivity contribution is -0.384. The van der Waals surface area contributed by atoms with Crippen molar-refractivity contribution in [2.75, 3.05) is 12.0 Å². The summed E-state index contributed by atoms with van der Waals surface area (Å²) < 4.78 is 5.33. The van der Waals surface area contributed by atoms with Gasteiger partial charge in [0.2, 0.25) is 5.90 Å². The minimum atomic E-state index is -0.483. The highest BCUT2D eigenvalue weighted by molar-refractivity contribution is 5.96. The number of ether oxygens (including phenoxy) is 1. The van der Waals surface area contributed by atoms with E-state index in [2.05, 4.69) is 15.5 Å². The fourth-order valence-electron chi connectivity index (χ4n) is 1.89. The molecular weight excluding hydrogens is 272 g/mol. The highest BCUT2D eigenvalue weighted by Gasteiger charge is 2.17. The summed E-state index contributed by atoms with van der Waals surface area (Å²) in [7, 11) is 0. The molecule has 0 spiro atoms. The average Bonchev–Trinajstić information content (AvgIpc) is 2.50. The smallest absolute Gasteiger partial charge is 0.312 e. The van der Waals surface area contributed by atoms with Crippen molar-refractivity contribution in [3.8, 4) is 0 Å². The van der Waals surface area contributed by atoms with Gasteiger partial charge in [0.25, 0.3) is 0 Å². The van der Waals surface area contributed by atoms with Crippen LogP contribution in [0.5, 0.6) is 0 Å². The molecule has 1 aromatic heterocycles. The Kier molecular flexibility index (Phi) is 4.65. The van der Waals surface area contributed by atoms with Crippen LogP contribution in [0, 0.1) is 10.1 Å². The maximum atomic E-state index is 11.2. The predicted octanol–water partition coefficient (Wildman–Crippen LogP) is 3.31. The van der Waals surface area contributed by atoms with E-state index in [4.69, 9.17) is 4.74 Å². The molecule has 0 aliphatic heterocycles. The third-order valence-corrected chi connectivity index (χ3v) is 2.86. The third kappa shape index (κ3) is 3.25. The van der Waals surface area contributed by atoms with Gasteiger partial charge in [0, 0.05) is 11.8 Å². The molecule has 110 valence electrons. The lowest BCUT2D eigenvalue weighted by Gasteiger charge is -2.08. The van der Waals surface area contributed by atoms with Crippen molar-refractivity contribution in [2.24, 2.45) is 5.10 Å². The number of para-hydroxylation sites is 1. The molecule has 0 amide bonds. The molecular formula is C14H16N4O3. The van der Waals surface area contributed by atoms with E-state index >= 15 is 0 Å². The summed E-state index contributed by atoms with van der Waals surface area (Å²) in [4.78, 5) is 14.8. The quantitative estimate of drug-likeness (QED) is 0.394. The molecule has 7 nitrogen and oxygen atoms in total. The number of aromatic nitrogens is 1. The van der Waals surface area contributed by atoms with Crippen LogP contribution in [0.2, 0.25) is 0 Å². The van der Waals surface area contributed by atoms with Crippen LogP contribution in [0.25, 0.3) is 10.9 Å². The number of benzene rings is 1.